The predicted molar refractivity (Wildman–Crippen MR) is 109 cm³/mol. The van der Waals surface area contributed by atoms with Gasteiger partial charge in [0.05, 0.1) is 5.56 Å². The van der Waals surface area contributed by atoms with Gasteiger partial charge in [-0.3, -0.25) is 4.79 Å². The van der Waals surface area contributed by atoms with Crippen LogP contribution >= 0.6 is 0 Å². The number of rotatable bonds is 5. The average Bonchev–Trinajstić information content (AvgIpc) is 3.04. The van der Waals surface area contributed by atoms with E-state index in [1.807, 2.05) is 36.4 Å². The Kier molecular flexibility index (Phi) is 5.20. The van der Waals surface area contributed by atoms with Crippen molar-refractivity contribution in [2.24, 2.45) is 0 Å². The summed E-state index contributed by atoms with van der Waals surface area (Å²) in [7, 11) is -4.15. The molecule has 1 heterocycles. The van der Waals surface area contributed by atoms with Crippen LogP contribution in [0.25, 0.3) is 6.08 Å². The number of benzene rings is 3. The number of hydrogen-bond donors (Lipinski definition) is 0. The molecule has 1 aliphatic rings. The highest BCUT2D eigenvalue weighted by atomic mass is 32.2. The largest absolute Gasteiger partial charge is 0.452 e. The zero-order valence-electron chi connectivity index (χ0n) is 15.5. The van der Waals surface area contributed by atoms with Crippen molar-refractivity contribution >= 4 is 22.0 Å². The molecule has 0 bridgehead atoms. The van der Waals surface area contributed by atoms with Gasteiger partial charge in [0, 0.05) is 6.07 Å². The number of carbonyl (C=O) groups excluding carboxylic acids is 1. The number of halogens is 1. The van der Waals surface area contributed by atoms with Crippen LogP contribution in [0.3, 0.4) is 0 Å². The predicted octanol–water partition coefficient (Wildman–Crippen LogP) is 4.77. The van der Waals surface area contributed by atoms with Gasteiger partial charge in [0.25, 0.3) is 0 Å². The lowest BCUT2D eigenvalue weighted by Crippen LogP contribution is -2.09. The Bertz CT molecular complexity index is 1260. The van der Waals surface area contributed by atoms with Crippen LogP contribution in [0.1, 0.15) is 15.9 Å². The number of hydrogen-bond acceptors (Lipinski definition) is 5. The Labute approximate surface area is 172 Å². The lowest BCUT2D eigenvalue weighted by atomic mass is 10.1. The smallest absolute Gasteiger partial charge is 0.339 e. The summed E-state index contributed by atoms with van der Waals surface area (Å²) in [4.78, 5) is 12.3. The second-order valence-corrected chi connectivity index (χ2v) is 7.93. The second kappa shape index (κ2) is 7.96. The minimum Gasteiger partial charge on any atom is -0.452 e. The van der Waals surface area contributed by atoms with E-state index in [4.69, 9.17) is 8.92 Å². The van der Waals surface area contributed by atoms with E-state index in [9.17, 15) is 17.6 Å². The lowest BCUT2D eigenvalue weighted by molar-refractivity contribution is 0.101. The van der Waals surface area contributed by atoms with Gasteiger partial charge in [0.1, 0.15) is 22.2 Å². The topological polar surface area (TPSA) is 69.7 Å². The quantitative estimate of drug-likeness (QED) is 0.438. The number of fused-ring (bicyclic) bond motifs is 1. The van der Waals surface area contributed by atoms with E-state index >= 15 is 0 Å². The molecule has 0 unspecified atom stereocenters. The Hall–Kier alpha value is -3.71. The Morgan fingerprint density at radius 3 is 2.40 bits per heavy atom. The highest BCUT2D eigenvalue weighted by molar-refractivity contribution is 7.87. The molecule has 0 aliphatic carbocycles. The fourth-order valence-electron chi connectivity index (χ4n) is 2.82. The Morgan fingerprint density at radius 1 is 0.933 bits per heavy atom. The van der Waals surface area contributed by atoms with Crippen LogP contribution in [-0.4, -0.2) is 14.2 Å². The number of carbonyl (C=O) groups is 1. The first-order valence-electron chi connectivity index (χ1n) is 8.92. The summed E-state index contributed by atoms with van der Waals surface area (Å²) in [6.07, 6.45) is 5.08. The van der Waals surface area contributed by atoms with E-state index in [1.165, 1.54) is 18.2 Å². The van der Waals surface area contributed by atoms with Crippen molar-refractivity contribution in [2.75, 3.05) is 0 Å². The van der Waals surface area contributed by atoms with Gasteiger partial charge in [-0.1, -0.05) is 42.5 Å². The maximum Gasteiger partial charge on any atom is 0.339 e. The maximum atomic E-state index is 13.0. The van der Waals surface area contributed by atoms with Gasteiger partial charge in [0.15, 0.2) is 5.76 Å². The maximum absolute atomic E-state index is 13.0. The summed E-state index contributed by atoms with van der Waals surface area (Å²) in [6.45, 7) is 0. The number of Topliss-reactive ketones (excluding diaryl/α,β-unsaturated/α-hetero) is 1. The molecule has 1 aliphatic heterocycles. The van der Waals surface area contributed by atoms with Crippen molar-refractivity contribution in [3.8, 4) is 11.5 Å². The van der Waals surface area contributed by atoms with Crippen LogP contribution in [0.15, 0.2) is 95.6 Å². The van der Waals surface area contributed by atoms with Gasteiger partial charge in [0.2, 0.25) is 5.78 Å². The van der Waals surface area contributed by atoms with Gasteiger partial charge in [-0.25, -0.2) is 4.39 Å². The summed E-state index contributed by atoms with van der Waals surface area (Å²) >= 11 is 0. The molecule has 4 rings (SSSR count). The SMILES string of the molecule is O=C1C(=CC=Cc2ccccc2)Oc2cc(OS(=O)(=O)c3ccc(F)cc3)ccc21. The van der Waals surface area contributed by atoms with Gasteiger partial charge in [-0.15, -0.1) is 0 Å². The molecule has 3 aromatic carbocycles. The van der Waals surface area contributed by atoms with E-state index in [0.29, 0.717) is 5.56 Å². The van der Waals surface area contributed by atoms with Crippen molar-refractivity contribution in [3.63, 3.8) is 0 Å². The molecule has 0 amide bonds. The molecular formula is C23H15FO5S. The summed E-state index contributed by atoms with van der Waals surface area (Å²) in [5, 5.41) is 0. The van der Waals surface area contributed by atoms with Gasteiger partial charge >= 0.3 is 10.1 Å². The van der Waals surface area contributed by atoms with E-state index in [0.717, 1.165) is 29.8 Å². The molecule has 0 fully saturated rings. The molecule has 5 nitrogen and oxygen atoms in total. The van der Waals surface area contributed by atoms with Gasteiger partial charge in [-0.05, 0) is 48.0 Å². The molecule has 3 aromatic rings. The fraction of sp³-hybridized carbons (Fsp3) is 0. The van der Waals surface area contributed by atoms with E-state index in [2.05, 4.69) is 0 Å². The molecular weight excluding hydrogens is 407 g/mol. The zero-order valence-corrected chi connectivity index (χ0v) is 16.3. The van der Waals surface area contributed by atoms with Crippen molar-refractivity contribution in [1.29, 1.82) is 0 Å². The first-order valence-corrected chi connectivity index (χ1v) is 10.3. The molecule has 0 spiro atoms. The third-order valence-electron chi connectivity index (χ3n) is 4.29. The highest BCUT2D eigenvalue weighted by Gasteiger charge is 2.28. The number of ketones is 1. The Balaban J connectivity index is 1.52. The first kappa shape index (κ1) is 19.6. The molecule has 30 heavy (non-hydrogen) atoms. The van der Waals surface area contributed by atoms with Crippen molar-refractivity contribution in [3.05, 3.63) is 108 Å². The summed E-state index contributed by atoms with van der Waals surface area (Å²) < 4.78 is 48.4. The molecule has 0 N–H and O–H groups in total. The van der Waals surface area contributed by atoms with Crippen LogP contribution in [0, 0.1) is 5.82 Å². The molecule has 150 valence electrons. The average molecular weight is 422 g/mol. The van der Waals surface area contributed by atoms with Crippen molar-refractivity contribution < 1.29 is 26.5 Å². The van der Waals surface area contributed by atoms with Crippen molar-refractivity contribution in [1.82, 2.24) is 0 Å². The molecule has 0 aromatic heterocycles. The van der Waals surface area contributed by atoms with Gasteiger partial charge in [-0.2, -0.15) is 8.42 Å². The molecule has 0 radical (unpaired) electrons. The summed E-state index contributed by atoms with van der Waals surface area (Å²) in [6, 6.07) is 18.0. The van der Waals surface area contributed by atoms with Crippen LogP contribution in [0.5, 0.6) is 11.5 Å². The third kappa shape index (κ3) is 4.16. The molecule has 0 saturated carbocycles. The standard InChI is InChI=1S/C23H15FO5S/c24-17-9-12-19(13-10-17)30(26,27)29-18-11-14-20-22(15-18)28-21(23(20)25)8-4-7-16-5-2-1-3-6-16/h1-15H. The normalized spacial score (nSPS) is 14.7. The molecule has 0 atom stereocenters. The van der Waals surface area contributed by atoms with E-state index in [1.54, 1.807) is 12.2 Å². The lowest BCUT2D eigenvalue weighted by Gasteiger charge is -2.07. The fourth-order valence-corrected chi connectivity index (χ4v) is 3.74. The Morgan fingerprint density at radius 2 is 1.67 bits per heavy atom. The summed E-state index contributed by atoms with van der Waals surface area (Å²) in [5.74, 6) is -0.566. The van der Waals surface area contributed by atoms with E-state index < -0.39 is 15.9 Å². The first-order chi connectivity index (χ1) is 14.4. The van der Waals surface area contributed by atoms with E-state index in [-0.39, 0.29) is 27.9 Å². The number of ether oxygens (including phenoxy) is 1. The van der Waals surface area contributed by atoms with Crippen LogP contribution in [0.4, 0.5) is 4.39 Å². The minimum absolute atomic E-state index is 0.0213. The van der Waals surface area contributed by atoms with Crippen molar-refractivity contribution in [2.45, 2.75) is 4.90 Å². The van der Waals surface area contributed by atoms with Crippen LogP contribution < -0.4 is 8.92 Å². The zero-order chi connectivity index (χ0) is 21.1. The van der Waals surface area contributed by atoms with Crippen LogP contribution in [-0.2, 0) is 10.1 Å². The molecule has 7 heteroatoms. The third-order valence-corrected chi connectivity index (χ3v) is 5.55. The summed E-state index contributed by atoms with van der Waals surface area (Å²) in [5.41, 5.74) is 1.28. The highest BCUT2D eigenvalue weighted by Crippen LogP contribution is 2.35. The molecule has 0 saturated heterocycles. The monoisotopic (exact) mass is 422 g/mol. The van der Waals surface area contributed by atoms with Crippen LogP contribution in [0.2, 0.25) is 0 Å². The second-order valence-electron chi connectivity index (χ2n) is 6.38. The van der Waals surface area contributed by atoms with Gasteiger partial charge < -0.3 is 8.92 Å². The number of allylic oxidation sites excluding steroid dienone is 3. The minimum atomic E-state index is -4.15.